The van der Waals surface area contributed by atoms with Crippen LogP contribution >= 0.6 is 19.4 Å². The highest BCUT2D eigenvalue weighted by Gasteiger charge is 2.42. The lowest BCUT2D eigenvalue weighted by molar-refractivity contribution is 0.184. The van der Waals surface area contributed by atoms with E-state index in [-0.39, 0.29) is 0 Å². The van der Waals surface area contributed by atoms with Crippen molar-refractivity contribution in [1.29, 1.82) is 0 Å². The van der Waals surface area contributed by atoms with Crippen LogP contribution in [0.2, 0.25) is 0 Å². The SMILES string of the molecule is CCOP(=O)(CCCN1c2ccccc2SC1(O)/C=C1\C=CN(Cc2ccccc2)c2ccccc21)OCC. The molecule has 0 spiro atoms. The third-order valence-electron chi connectivity index (χ3n) is 6.77. The van der Waals surface area contributed by atoms with Crippen molar-refractivity contribution in [2.45, 2.75) is 36.8 Å². The molecule has 3 aromatic carbocycles. The van der Waals surface area contributed by atoms with Crippen LogP contribution in [-0.4, -0.2) is 36.1 Å². The van der Waals surface area contributed by atoms with Gasteiger partial charge >= 0.3 is 7.60 Å². The standard InChI is InChI=1S/C31H35N2O4PS/c1-3-36-38(35,37-4-2)22-12-20-33-29-17-10-11-18-30(29)39-31(33,34)23-26-19-21-32(24-25-13-6-5-7-14-25)28-16-9-8-15-27(26)28/h5-11,13-19,21,23,34H,3-4,12,20,22,24H2,1-2H3/b26-23+. The average Bonchev–Trinajstić information content (AvgIpc) is 3.22. The molecule has 0 aliphatic carbocycles. The summed E-state index contributed by atoms with van der Waals surface area (Å²) in [6, 6.07) is 26.7. The molecule has 0 saturated carbocycles. The van der Waals surface area contributed by atoms with Crippen LogP contribution in [0.25, 0.3) is 5.57 Å². The first-order valence-electron chi connectivity index (χ1n) is 13.4. The molecular weight excluding hydrogens is 527 g/mol. The molecule has 0 aromatic heterocycles. The maximum atomic E-state index is 13.1. The molecule has 3 aromatic rings. The van der Waals surface area contributed by atoms with Crippen molar-refractivity contribution in [2.24, 2.45) is 0 Å². The van der Waals surface area contributed by atoms with Crippen molar-refractivity contribution in [2.75, 3.05) is 35.7 Å². The second-order valence-corrected chi connectivity index (χ2v) is 12.9. The van der Waals surface area contributed by atoms with Gasteiger partial charge in [-0.1, -0.05) is 72.4 Å². The van der Waals surface area contributed by atoms with Crippen molar-refractivity contribution < 1.29 is 18.7 Å². The minimum absolute atomic E-state index is 0.293. The van der Waals surface area contributed by atoms with Gasteiger partial charge in [0.1, 0.15) is 0 Å². The number of nitrogens with zero attached hydrogens (tertiary/aromatic N) is 2. The van der Waals surface area contributed by atoms with E-state index in [2.05, 4.69) is 53.6 Å². The summed E-state index contributed by atoms with van der Waals surface area (Å²) in [7, 11) is -3.16. The molecule has 8 heteroatoms. The quantitative estimate of drug-likeness (QED) is 0.243. The Morgan fingerprint density at radius 3 is 2.33 bits per heavy atom. The van der Waals surface area contributed by atoms with Gasteiger partial charge in [-0.25, -0.2) is 0 Å². The van der Waals surface area contributed by atoms with Gasteiger partial charge in [0.05, 0.1) is 25.1 Å². The van der Waals surface area contributed by atoms with Crippen molar-refractivity contribution in [3.8, 4) is 0 Å². The Labute approximate surface area is 235 Å². The van der Waals surface area contributed by atoms with E-state index < -0.39 is 12.7 Å². The van der Waals surface area contributed by atoms with Crippen LogP contribution in [0.15, 0.2) is 102 Å². The van der Waals surface area contributed by atoms with Gasteiger partial charge in [-0.05, 0) is 61.8 Å². The van der Waals surface area contributed by atoms with Crippen LogP contribution in [0.5, 0.6) is 0 Å². The first kappa shape index (κ1) is 27.8. The molecule has 0 fully saturated rings. The lowest BCUT2D eigenvalue weighted by Crippen LogP contribution is -2.42. The zero-order valence-corrected chi connectivity index (χ0v) is 24.1. The molecule has 2 heterocycles. The molecule has 39 heavy (non-hydrogen) atoms. The Bertz CT molecular complexity index is 1390. The van der Waals surface area contributed by atoms with Crippen LogP contribution in [-0.2, 0) is 20.2 Å². The fourth-order valence-electron chi connectivity index (χ4n) is 5.08. The van der Waals surface area contributed by atoms with Gasteiger partial charge in [0.15, 0.2) is 0 Å². The highest BCUT2D eigenvalue weighted by atomic mass is 32.2. The molecule has 5 rings (SSSR count). The molecule has 0 radical (unpaired) electrons. The summed E-state index contributed by atoms with van der Waals surface area (Å²) >= 11 is 1.42. The van der Waals surface area contributed by atoms with Crippen LogP contribution in [0.4, 0.5) is 11.4 Å². The number of hydrogen-bond donors (Lipinski definition) is 1. The Morgan fingerprint density at radius 1 is 0.923 bits per heavy atom. The maximum Gasteiger partial charge on any atom is 0.330 e. The van der Waals surface area contributed by atoms with Crippen LogP contribution in [0, 0.1) is 0 Å². The number of hydrogen-bond acceptors (Lipinski definition) is 7. The smallest absolute Gasteiger partial charge is 0.330 e. The Hall–Kier alpha value is -2.80. The molecule has 2 aliphatic rings. The first-order valence-corrected chi connectivity index (χ1v) is 16.0. The number of para-hydroxylation sites is 2. The van der Waals surface area contributed by atoms with E-state index in [0.717, 1.165) is 34.0 Å². The second-order valence-electron chi connectivity index (χ2n) is 9.45. The third kappa shape index (κ3) is 6.19. The summed E-state index contributed by atoms with van der Waals surface area (Å²) in [4.78, 5) is 5.24. The van der Waals surface area contributed by atoms with Gasteiger partial charge in [-0.2, -0.15) is 0 Å². The van der Waals surface area contributed by atoms with Gasteiger partial charge in [0.25, 0.3) is 0 Å². The molecule has 2 aliphatic heterocycles. The minimum atomic E-state index is -3.16. The van der Waals surface area contributed by atoms with E-state index in [1.165, 1.54) is 17.3 Å². The Balaban J connectivity index is 1.43. The van der Waals surface area contributed by atoms with E-state index >= 15 is 0 Å². The number of anilines is 2. The van der Waals surface area contributed by atoms with Crippen molar-refractivity contribution in [3.05, 3.63) is 108 Å². The largest absolute Gasteiger partial charge is 0.359 e. The number of rotatable bonds is 11. The number of thioether (sulfide) groups is 1. The van der Waals surface area contributed by atoms with Crippen molar-refractivity contribution in [1.82, 2.24) is 0 Å². The van der Waals surface area contributed by atoms with Crippen molar-refractivity contribution >= 4 is 36.3 Å². The fraction of sp³-hybridized carbons (Fsp3) is 0.290. The summed E-state index contributed by atoms with van der Waals surface area (Å²) in [6.07, 6.45) is 6.94. The first-order chi connectivity index (χ1) is 18.9. The van der Waals surface area contributed by atoms with E-state index in [1.54, 1.807) is 0 Å². The molecule has 1 N–H and O–H groups in total. The van der Waals surface area contributed by atoms with E-state index in [4.69, 9.17) is 9.05 Å². The maximum absolute atomic E-state index is 13.1. The summed E-state index contributed by atoms with van der Waals surface area (Å²) in [6.45, 7) is 5.57. The zero-order chi connectivity index (χ0) is 27.3. The number of aliphatic hydroxyl groups is 1. The van der Waals surface area contributed by atoms with Crippen LogP contribution in [0.1, 0.15) is 31.4 Å². The van der Waals surface area contributed by atoms with E-state index in [0.29, 0.717) is 32.3 Å². The number of allylic oxidation sites excluding steroid dienone is 2. The molecule has 1 unspecified atom stereocenters. The Kier molecular flexibility index (Phi) is 8.65. The monoisotopic (exact) mass is 562 g/mol. The molecule has 0 saturated heterocycles. The predicted molar refractivity (Wildman–Crippen MR) is 161 cm³/mol. The molecule has 6 nitrogen and oxygen atoms in total. The van der Waals surface area contributed by atoms with Gasteiger partial charge in [0.2, 0.25) is 5.06 Å². The molecule has 0 bridgehead atoms. The highest BCUT2D eigenvalue weighted by Crippen LogP contribution is 2.52. The lowest BCUT2D eigenvalue weighted by atomic mass is 9.98. The highest BCUT2D eigenvalue weighted by molar-refractivity contribution is 8.01. The third-order valence-corrected chi connectivity index (χ3v) is 10.1. The van der Waals surface area contributed by atoms with Crippen LogP contribution < -0.4 is 9.80 Å². The van der Waals surface area contributed by atoms with Gasteiger partial charge in [0, 0.05) is 35.4 Å². The predicted octanol–water partition coefficient (Wildman–Crippen LogP) is 7.52. The summed E-state index contributed by atoms with van der Waals surface area (Å²) in [5.74, 6) is 0. The van der Waals surface area contributed by atoms with Crippen molar-refractivity contribution in [3.63, 3.8) is 0 Å². The molecule has 0 amide bonds. The number of benzene rings is 3. The fourth-order valence-corrected chi connectivity index (χ4v) is 7.97. The molecular formula is C31H35N2O4PS. The molecule has 1 atom stereocenters. The summed E-state index contributed by atoms with van der Waals surface area (Å²) < 4.78 is 24.0. The van der Waals surface area contributed by atoms with Crippen LogP contribution in [0.3, 0.4) is 0 Å². The van der Waals surface area contributed by atoms with E-state index in [9.17, 15) is 9.67 Å². The zero-order valence-electron chi connectivity index (χ0n) is 22.4. The van der Waals surface area contributed by atoms with Gasteiger partial charge in [-0.15, -0.1) is 0 Å². The lowest BCUT2D eigenvalue weighted by Gasteiger charge is -2.34. The minimum Gasteiger partial charge on any atom is -0.359 e. The normalized spacial score (nSPS) is 19.4. The van der Waals surface area contributed by atoms with Gasteiger partial charge in [-0.3, -0.25) is 4.57 Å². The summed E-state index contributed by atoms with van der Waals surface area (Å²) in [5.41, 5.74) is 5.31. The average molecular weight is 563 g/mol. The Morgan fingerprint density at radius 2 is 1.59 bits per heavy atom. The van der Waals surface area contributed by atoms with E-state index in [1.807, 2.05) is 67.3 Å². The topological polar surface area (TPSA) is 62.2 Å². The van der Waals surface area contributed by atoms with Gasteiger partial charge < -0.3 is 24.0 Å². The number of fused-ring (bicyclic) bond motifs is 2. The summed E-state index contributed by atoms with van der Waals surface area (Å²) in [5, 5.41) is 10.8. The molecule has 204 valence electrons. The second kappa shape index (κ2) is 12.2.